The molecule has 25 heavy (non-hydrogen) atoms. The van der Waals surface area contributed by atoms with Crippen molar-refractivity contribution in [1.29, 1.82) is 0 Å². The van der Waals surface area contributed by atoms with E-state index < -0.39 is 0 Å². The number of aromatic nitrogens is 2. The second kappa shape index (κ2) is 7.21. The molecule has 6 nitrogen and oxygen atoms in total. The lowest BCUT2D eigenvalue weighted by atomic mass is 10.2. The molecule has 0 atom stereocenters. The monoisotopic (exact) mass is 339 g/mol. The van der Waals surface area contributed by atoms with E-state index in [0.29, 0.717) is 29.0 Å². The number of fused-ring (bicyclic) bond motifs is 1. The zero-order valence-corrected chi connectivity index (χ0v) is 14.1. The van der Waals surface area contributed by atoms with Gasteiger partial charge in [0.25, 0.3) is 5.56 Å². The molecule has 4 rings (SSSR count). The molecular weight excluding hydrogens is 318 g/mol. The average molecular weight is 339 g/mol. The fraction of sp³-hybridized carbons (Fsp3) is 0.368. The molecule has 6 heteroatoms. The van der Waals surface area contributed by atoms with Crippen molar-refractivity contribution in [3.05, 3.63) is 53.0 Å². The minimum absolute atomic E-state index is 0.0148. The smallest absolute Gasteiger partial charge is 0.261 e. The topological polar surface area (TPSA) is 60.5 Å². The molecule has 3 heterocycles. The SMILES string of the molecule is O=c1c2ccccc2nc(-c2ccco2)n1CCCN1CCOCC1. The van der Waals surface area contributed by atoms with Crippen LogP contribution in [0.3, 0.4) is 0 Å². The number of ether oxygens (including phenoxy) is 1. The van der Waals surface area contributed by atoms with E-state index in [9.17, 15) is 4.79 Å². The molecule has 1 aliphatic heterocycles. The van der Waals surface area contributed by atoms with Crippen LogP contribution in [-0.4, -0.2) is 47.3 Å². The van der Waals surface area contributed by atoms with Gasteiger partial charge in [0.2, 0.25) is 0 Å². The van der Waals surface area contributed by atoms with E-state index in [1.807, 2.05) is 36.4 Å². The Hall–Kier alpha value is -2.44. The highest BCUT2D eigenvalue weighted by Gasteiger charge is 2.15. The lowest BCUT2D eigenvalue weighted by Gasteiger charge is -2.26. The van der Waals surface area contributed by atoms with Crippen LogP contribution in [-0.2, 0) is 11.3 Å². The molecule has 1 aromatic carbocycles. The van der Waals surface area contributed by atoms with E-state index in [4.69, 9.17) is 9.15 Å². The molecule has 2 aromatic heterocycles. The van der Waals surface area contributed by atoms with E-state index >= 15 is 0 Å². The van der Waals surface area contributed by atoms with Gasteiger partial charge in [0.15, 0.2) is 11.6 Å². The largest absolute Gasteiger partial charge is 0.461 e. The van der Waals surface area contributed by atoms with Crippen LogP contribution < -0.4 is 5.56 Å². The Labute approximate surface area is 145 Å². The van der Waals surface area contributed by atoms with Crippen molar-refractivity contribution < 1.29 is 9.15 Å². The molecule has 0 aliphatic carbocycles. The van der Waals surface area contributed by atoms with Crippen LogP contribution in [0.25, 0.3) is 22.5 Å². The van der Waals surface area contributed by atoms with Crippen molar-refractivity contribution in [3.8, 4) is 11.6 Å². The molecular formula is C19H21N3O3. The maximum absolute atomic E-state index is 13.0. The minimum Gasteiger partial charge on any atom is -0.461 e. The van der Waals surface area contributed by atoms with Crippen molar-refractivity contribution in [2.45, 2.75) is 13.0 Å². The minimum atomic E-state index is -0.0148. The normalized spacial score (nSPS) is 15.7. The van der Waals surface area contributed by atoms with E-state index in [1.165, 1.54) is 0 Å². The summed E-state index contributed by atoms with van der Waals surface area (Å²) in [5.41, 5.74) is 0.683. The number of para-hydroxylation sites is 1. The Morgan fingerprint density at radius 3 is 2.68 bits per heavy atom. The third kappa shape index (κ3) is 3.36. The number of benzene rings is 1. The molecule has 1 aliphatic rings. The van der Waals surface area contributed by atoms with Gasteiger partial charge >= 0.3 is 0 Å². The quantitative estimate of drug-likeness (QED) is 0.714. The van der Waals surface area contributed by atoms with Crippen LogP contribution in [0.5, 0.6) is 0 Å². The van der Waals surface area contributed by atoms with Crippen molar-refractivity contribution in [2.75, 3.05) is 32.8 Å². The molecule has 0 saturated carbocycles. The molecule has 130 valence electrons. The van der Waals surface area contributed by atoms with Gasteiger partial charge in [-0.1, -0.05) is 12.1 Å². The van der Waals surface area contributed by atoms with Crippen LogP contribution in [0, 0.1) is 0 Å². The van der Waals surface area contributed by atoms with Crippen LogP contribution in [0.4, 0.5) is 0 Å². The predicted molar refractivity (Wildman–Crippen MR) is 95.6 cm³/mol. The van der Waals surface area contributed by atoms with Gasteiger partial charge in [-0.3, -0.25) is 14.3 Å². The summed E-state index contributed by atoms with van der Waals surface area (Å²) >= 11 is 0. The zero-order valence-electron chi connectivity index (χ0n) is 14.1. The number of hydrogen-bond acceptors (Lipinski definition) is 5. The number of nitrogens with zero attached hydrogens (tertiary/aromatic N) is 3. The Kier molecular flexibility index (Phi) is 4.63. The maximum Gasteiger partial charge on any atom is 0.261 e. The van der Waals surface area contributed by atoms with Gasteiger partial charge in [-0.15, -0.1) is 0 Å². The Morgan fingerprint density at radius 2 is 1.88 bits per heavy atom. The van der Waals surface area contributed by atoms with Gasteiger partial charge in [-0.05, 0) is 30.7 Å². The van der Waals surface area contributed by atoms with Gasteiger partial charge in [0.1, 0.15) is 0 Å². The van der Waals surface area contributed by atoms with Gasteiger partial charge in [-0.2, -0.15) is 0 Å². The lowest BCUT2D eigenvalue weighted by Crippen LogP contribution is -2.37. The first-order valence-electron chi connectivity index (χ1n) is 8.66. The molecule has 3 aromatic rings. The summed E-state index contributed by atoms with van der Waals surface area (Å²) in [7, 11) is 0. The van der Waals surface area contributed by atoms with Crippen LogP contribution in [0.2, 0.25) is 0 Å². The first-order valence-corrected chi connectivity index (χ1v) is 8.66. The molecule has 0 spiro atoms. The third-order valence-electron chi connectivity index (χ3n) is 4.56. The molecule has 0 bridgehead atoms. The maximum atomic E-state index is 13.0. The first kappa shape index (κ1) is 16.1. The summed E-state index contributed by atoms with van der Waals surface area (Å²) in [5, 5.41) is 0.643. The molecule has 1 saturated heterocycles. The van der Waals surface area contributed by atoms with Gasteiger partial charge in [0, 0.05) is 26.2 Å². The van der Waals surface area contributed by atoms with Crippen molar-refractivity contribution >= 4 is 10.9 Å². The highest BCUT2D eigenvalue weighted by molar-refractivity contribution is 5.79. The van der Waals surface area contributed by atoms with E-state index in [2.05, 4.69) is 9.88 Å². The van der Waals surface area contributed by atoms with Crippen molar-refractivity contribution in [3.63, 3.8) is 0 Å². The van der Waals surface area contributed by atoms with Crippen LogP contribution in [0.1, 0.15) is 6.42 Å². The fourth-order valence-corrected chi connectivity index (χ4v) is 3.25. The van der Waals surface area contributed by atoms with E-state index in [0.717, 1.165) is 39.3 Å². The highest BCUT2D eigenvalue weighted by Crippen LogP contribution is 2.19. The number of morpholine rings is 1. The van der Waals surface area contributed by atoms with Gasteiger partial charge in [0.05, 0.1) is 30.4 Å². The first-order chi connectivity index (χ1) is 12.3. The fourth-order valence-electron chi connectivity index (χ4n) is 3.25. The lowest BCUT2D eigenvalue weighted by molar-refractivity contribution is 0.0369. The summed E-state index contributed by atoms with van der Waals surface area (Å²) in [6.07, 6.45) is 2.49. The summed E-state index contributed by atoms with van der Waals surface area (Å²) < 4.78 is 12.6. The molecule has 0 amide bonds. The van der Waals surface area contributed by atoms with Crippen LogP contribution >= 0.6 is 0 Å². The van der Waals surface area contributed by atoms with Crippen molar-refractivity contribution in [1.82, 2.24) is 14.5 Å². The standard InChI is InChI=1S/C19H21N3O3/c23-19-15-5-1-2-6-16(15)20-18(17-7-3-12-25-17)22(19)9-4-8-21-10-13-24-14-11-21/h1-3,5-7,12H,4,8-11,13-14H2. The summed E-state index contributed by atoms with van der Waals surface area (Å²) in [6.45, 7) is 5.04. The third-order valence-corrected chi connectivity index (χ3v) is 4.56. The Bertz CT molecular complexity index is 896. The van der Waals surface area contributed by atoms with Gasteiger partial charge < -0.3 is 9.15 Å². The van der Waals surface area contributed by atoms with Crippen LogP contribution in [0.15, 0.2) is 51.9 Å². The number of furan rings is 1. The second-order valence-corrected chi connectivity index (χ2v) is 6.19. The van der Waals surface area contributed by atoms with E-state index in [1.54, 1.807) is 10.8 Å². The highest BCUT2D eigenvalue weighted by atomic mass is 16.5. The molecule has 1 fully saturated rings. The summed E-state index contributed by atoms with van der Waals surface area (Å²) in [5.74, 6) is 1.21. The van der Waals surface area contributed by atoms with Gasteiger partial charge in [-0.25, -0.2) is 4.98 Å². The summed E-state index contributed by atoms with van der Waals surface area (Å²) in [4.78, 5) is 20.0. The average Bonchev–Trinajstić information content (AvgIpc) is 3.19. The molecule has 0 unspecified atom stereocenters. The number of hydrogen-bond donors (Lipinski definition) is 0. The molecule has 0 radical (unpaired) electrons. The Balaban J connectivity index is 1.64. The van der Waals surface area contributed by atoms with E-state index in [-0.39, 0.29) is 5.56 Å². The second-order valence-electron chi connectivity index (χ2n) is 6.19. The zero-order chi connectivity index (χ0) is 17.1. The van der Waals surface area contributed by atoms with Crippen molar-refractivity contribution in [2.24, 2.45) is 0 Å². The predicted octanol–water partition coefficient (Wildman–Crippen LogP) is 2.38. The Morgan fingerprint density at radius 1 is 1.04 bits per heavy atom. The summed E-state index contributed by atoms with van der Waals surface area (Å²) in [6, 6.07) is 11.1. The molecule has 0 N–H and O–H groups in total. The number of rotatable bonds is 5.